The first-order valence-electron chi connectivity index (χ1n) is 8.41. The second-order valence-corrected chi connectivity index (χ2v) is 6.43. The first-order chi connectivity index (χ1) is 12.4. The van der Waals surface area contributed by atoms with Crippen LogP contribution in [0.5, 0.6) is 0 Å². The molecule has 0 bridgehead atoms. The minimum Gasteiger partial charge on any atom is -0.438 e. The molecule has 144 valence electrons. The van der Waals surface area contributed by atoms with Gasteiger partial charge in [0.05, 0.1) is 32.0 Å². The third-order valence-electron chi connectivity index (χ3n) is 4.54. The van der Waals surface area contributed by atoms with Crippen LogP contribution in [0.2, 0.25) is 0 Å². The van der Waals surface area contributed by atoms with Crippen molar-refractivity contribution in [1.82, 2.24) is 14.5 Å². The number of aliphatic hydroxyl groups excluding tert-OH is 1. The maximum absolute atomic E-state index is 12.4. The van der Waals surface area contributed by atoms with Gasteiger partial charge in [0.1, 0.15) is 0 Å². The van der Waals surface area contributed by atoms with Crippen LogP contribution in [0.4, 0.5) is 0 Å². The van der Waals surface area contributed by atoms with E-state index in [4.69, 9.17) is 14.2 Å². The van der Waals surface area contributed by atoms with Gasteiger partial charge < -0.3 is 19.3 Å². The van der Waals surface area contributed by atoms with E-state index < -0.39 is 41.3 Å². The molecule has 0 aliphatic carbocycles. The van der Waals surface area contributed by atoms with E-state index in [9.17, 15) is 24.3 Å². The zero-order valence-electron chi connectivity index (χ0n) is 14.2. The molecule has 11 nitrogen and oxygen atoms in total. The van der Waals surface area contributed by atoms with E-state index >= 15 is 0 Å². The Bertz CT molecular complexity index is 800. The molecule has 4 unspecified atom stereocenters. The van der Waals surface area contributed by atoms with Gasteiger partial charge in [-0.25, -0.2) is 19.0 Å². The highest BCUT2D eigenvalue weighted by Gasteiger charge is 2.51. The van der Waals surface area contributed by atoms with Gasteiger partial charge in [-0.2, -0.15) is 0 Å². The number of nitrogens with zero attached hydrogens (tertiary/aromatic N) is 1. The van der Waals surface area contributed by atoms with Gasteiger partial charge in [-0.05, 0) is 6.42 Å². The Morgan fingerprint density at radius 1 is 1.27 bits per heavy atom. The fraction of sp³-hybridized carbons (Fsp3) is 0.733. The van der Waals surface area contributed by atoms with Crippen LogP contribution in [0.3, 0.4) is 0 Å². The van der Waals surface area contributed by atoms with Crippen molar-refractivity contribution in [2.75, 3.05) is 19.8 Å². The average molecular weight is 371 g/mol. The highest BCUT2D eigenvalue weighted by atomic mass is 16.6. The average Bonchev–Trinajstić information content (AvgIpc) is 3.47. The number of carbonyl (C=O) groups is 1. The molecule has 0 spiro atoms. The van der Waals surface area contributed by atoms with E-state index in [2.05, 4.69) is 0 Å². The molecule has 1 aromatic heterocycles. The monoisotopic (exact) mass is 371 g/mol. The number of epoxide rings is 2. The second kappa shape index (κ2) is 7.17. The maximum Gasteiger partial charge on any atom is 0.336 e. The standard InChI is InChI=1S/C15H21N3O8/c1-2-11(20)26-15(4-10-7-25-10,8(5-19)3-9-6-24-9)18-13(22)16-12(21)17-14(18)23/h8-10,19H,2-7H2,1H3,(H2,16,17,21,22,23). The zero-order chi connectivity index (χ0) is 18.9. The maximum atomic E-state index is 12.4. The van der Waals surface area contributed by atoms with E-state index in [1.54, 1.807) is 6.92 Å². The van der Waals surface area contributed by atoms with Gasteiger partial charge in [0.2, 0.25) is 5.72 Å². The van der Waals surface area contributed by atoms with E-state index in [0.29, 0.717) is 17.8 Å². The summed E-state index contributed by atoms with van der Waals surface area (Å²) < 4.78 is 16.7. The Kier molecular flexibility index (Phi) is 5.12. The molecule has 0 aromatic carbocycles. The van der Waals surface area contributed by atoms with Gasteiger partial charge in [-0.15, -0.1) is 0 Å². The molecule has 2 aliphatic heterocycles. The Balaban J connectivity index is 2.17. The number of rotatable bonds is 9. The fourth-order valence-corrected chi connectivity index (χ4v) is 3.09. The summed E-state index contributed by atoms with van der Waals surface area (Å²) in [5.74, 6) is -1.46. The van der Waals surface area contributed by atoms with Crippen LogP contribution in [0.25, 0.3) is 0 Å². The van der Waals surface area contributed by atoms with Gasteiger partial charge in [0.25, 0.3) is 0 Å². The van der Waals surface area contributed by atoms with Crippen LogP contribution >= 0.6 is 0 Å². The summed E-state index contributed by atoms with van der Waals surface area (Å²) in [7, 11) is 0. The number of aromatic amines is 2. The lowest BCUT2D eigenvalue weighted by Crippen LogP contribution is -2.59. The molecule has 3 N–H and O–H groups in total. The second-order valence-electron chi connectivity index (χ2n) is 6.43. The summed E-state index contributed by atoms with van der Waals surface area (Å²) in [6, 6.07) is 0. The number of esters is 1. The first-order valence-corrected chi connectivity index (χ1v) is 8.41. The number of aliphatic hydroxyl groups is 1. The van der Waals surface area contributed by atoms with Crippen LogP contribution in [0.1, 0.15) is 26.2 Å². The van der Waals surface area contributed by atoms with Crippen molar-refractivity contribution >= 4 is 5.97 Å². The van der Waals surface area contributed by atoms with Crippen molar-refractivity contribution in [2.45, 2.75) is 44.1 Å². The van der Waals surface area contributed by atoms with Crippen molar-refractivity contribution in [3.63, 3.8) is 0 Å². The van der Waals surface area contributed by atoms with Gasteiger partial charge >= 0.3 is 23.0 Å². The molecular formula is C15H21N3O8. The molecule has 0 amide bonds. The topological polar surface area (TPSA) is 159 Å². The minimum atomic E-state index is -1.80. The van der Waals surface area contributed by atoms with Crippen LogP contribution in [-0.4, -0.2) is 57.6 Å². The lowest BCUT2D eigenvalue weighted by atomic mass is 9.87. The van der Waals surface area contributed by atoms with Gasteiger partial charge in [-0.1, -0.05) is 6.92 Å². The predicted octanol–water partition coefficient (Wildman–Crippen LogP) is -1.98. The SMILES string of the molecule is CCC(=O)OC(CC1CO1)(C(CO)CC1CO1)n1c(=O)[nH]c(=O)[nH]c1=O. The van der Waals surface area contributed by atoms with Crippen molar-refractivity contribution in [3.05, 3.63) is 31.5 Å². The molecule has 1 aromatic rings. The Morgan fingerprint density at radius 2 is 1.85 bits per heavy atom. The molecule has 2 fully saturated rings. The highest BCUT2D eigenvalue weighted by molar-refractivity contribution is 5.69. The lowest BCUT2D eigenvalue weighted by molar-refractivity contribution is -0.194. The highest BCUT2D eigenvalue weighted by Crippen LogP contribution is 2.39. The van der Waals surface area contributed by atoms with Gasteiger partial charge in [0, 0.05) is 18.8 Å². The number of carbonyl (C=O) groups excluding carboxylic acids is 1. The third-order valence-corrected chi connectivity index (χ3v) is 4.54. The van der Waals surface area contributed by atoms with E-state index in [1.165, 1.54) is 0 Å². The zero-order valence-corrected chi connectivity index (χ0v) is 14.2. The molecule has 4 atom stereocenters. The van der Waals surface area contributed by atoms with Gasteiger partial charge in [0.15, 0.2) is 0 Å². The summed E-state index contributed by atoms with van der Waals surface area (Å²) >= 11 is 0. The van der Waals surface area contributed by atoms with Gasteiger partial charge in [-0.3, -0.25) is 14.8 Å². The van der Waals surface area contributed by atoms with Crippen LogP contribution in [0.15, 0.2) is 14.4 Å². The largest absolute Gasteiger partial charge is 0.438 e. The van der Waals surface area contributed by atoms with Crippen LogP contribution in [-0.2, 0) is 24.7 Å². The van der Waals surface area contributed by atoms with E-state index in [1.807, 2.05) is 9.97 Å². The van der Waals surface area contributed by atoms with E-state index in [-0.39, 0.29) is 31.5 Å². The molecule has 26 heavy (non-hydrogen) atoms. The predicted molar refractivity (Wildman–Crippen MR) is 85.6 cm³/mol. The molecule has 3 heterocycles. The molecule has 2 saturated heterocycles. The van der Waals surface area contributed by atoms with Crippen molar-refractivity contribution in [1.29, 1.82) is 0 Å². The molecule has 2 aliphatic rings. The van der Waals surface area contributed by atoms with Crippen molar-refractivity contribution in [2.24, 2.45) is 5.92 Å². The summed E-state index contributed by atoms with van der Waals surface area (Å²) in [5.41, 5.74) is -4.83. The molecular weight excluding hydrogens is 350 g/mol. The van der Waals surface area contributed by atoms with Crippen LogP contribution < -0.4 is 17.1 Å². The van der Waals surface area contributed by atoms with Crippen LogP contribution in [0, 0.1) is 5.92 Å². The molecule has 3 rings (SSSR count). The molecule has 0 radical (unpaired) electrons. The number of hydrogen-bond acceptors (Lipinski definition) is 8. The number of ether oxygens (including phenoxy) is 3. The summed E-state index contributed by atoms with van der Waals surface area (Å²) in [6.45, 7) is 1.96. The van der Waals surface area contributed by atoms with Crippen molar-refractivity contribution in [3.8, 4) is 0 Å². The Hall–Kier alpha value is -2.24. The Labute approximate surface area is 146 Å². The summed E-state index contributed by atoms with van der Waals surface area (Å²) in [6.07, 6.45) is -0.241. The first kappa shape index (κ1) is 18.5. The number of nitrogens with one attached hydrogen (secondary N) is 2. The minimum absolute atomic E-state index is 0.00135. The van der Waals surface area contributed by atoms with E-state index in [0.717, 1.165) is 0 Å². The molecule has 11 heteroatoms. The third kappa shape index (κ3) is 3.79. The quantitative estimate of drug-likeness (QED) is 0.332. The molecule has 0 saturated carbocycles. The number of H-pyrrole nitrogens is 2. The Morgan fingerprint density at radius 3 is 2.31 bits per heavy atom. The fourth-order valence-electron chi connectivity index (χ4n) is 3.09. The number of hydrogen-bond donors (Lipinski definition) is 3. The normalized spacial score (nSPS) is 24.5. The summed E-state index contributed by atoms with van der Waals surface area (Å²) in [5, 5.41) is 9.97. The number of aromatic nitrogens is 3. The summed E-state index contributed by atoms with van der Waals surface area (Å²) in [4.78, 5) is 52.4. The smallest absolute Gasteiger partial charge is 0.336 e. The van der Waals surface area contributed by atoms with Crippen molar-refractivity contribution < 1.29 is 24.1 Å². The lowest BCUT2D eigenvalue weighted by Gasteiger charge is -2.39.